The Balaban J connectivity index is 1.72. The van der Waals surface area contributed by atoms with E-state index in [1.54, 1.807) is 32.2 Å². The van der Waals surface area contributed by atoms with Gasteiger partial charge >= 0.3 is 12.1 Å². The topological polar surface area (TPSA) is 161 Å². The molecule has 1 unspecified atom stereocenters. The van der Waals surface area contributed by atoms with Gasteiger partial charge in [-0.15, -0.1) is 11.3 Å². The molecule has 3 amide bonds. The molecule has 0 radical (unpaired) electrons. The minimum absolute atomic E-state index is 0.0219. The van der Waals surface area contributed by atoms with Crippen molar-refractivity contribution < 1.29 is 33.6 Å². The van der Waals surface area contributed by atoms with E-state index in [9.17, 15) is 28.8 Å². The van der Waals surface area contributed by atoms with Gasteiger partial charge in [-0.1, -0.05) is 13.0 Å². The smallest absolute Gasteiger partial charge is 0.413 e. The molecule has 1 fully saturated rings. The number of amides is 3. The summed E-state index contributed by atoms with van der Waals surface area (Å²) in [4.78, 5) is 54.0. The van der Waals surface area contributed by atoms with Crippen molar-refractivity contribution in [2.45, 2.75) is 51.1 Å². The number of aromatic nitrogens is 1. The molecule has 2 aliphatic rings. The van der Waals surface area contributed by atoms with Gasteiger partial charge in [-0.05, 0) is 44.4 Å². The Labute approximate surface area is 197 Å². The van der Waals surface area contributed by atoms with Crippen LogP contribution in [0.1, 0.15) is 39.8 Å². The van der Waals surface area contributed by atoms with Crippen LogP contribution in [0.15, 0.2) is 23.2 Å². The lowest BCUT2D eigenvalue weighted by atomic mass is 10.0. The lowest BCUT2D eigenvalue weighted by molar-refractivity contribution is -0.150. The number of nitrogens with one attached hydrogen (secondary N) is 2. The molecule has 0 saturated carbocycles. The predicted molar refractivity (Wildman–Crippen MR) is 122 cm³/mol. The summed E-state index contributed by atoms with van der Waals surface area (Å²) < 4.78 is 17.6. The first kappa shape index (κ1) is 24.7. The van der Waals surface area contributed by atoms with Crippen LogP contribution in [0.3, 0.4) is 0 Å². The largest absolute Gasteiger partial charge is 0.614 e. The molecule has 3 rings (SSSR count). The van der Waals surface area contributed by atoms with Crippen molar-refractivity contribution in [1.82, 2.24) is 15.2 Å². The van der Waals surface area contributed by atoms with Crippen molar-refractivity contribution in [1.29, 1.82) is 0 Å². The third-order valence-corrected chi connectivity index (χ3v) is 6.83. The van der Waals surface area contributed by atoms with Crippen LogP contribution >= 0.6 is 11.3 Å². The summed E-state index contributed by atoms with van der Waals surface area (Å²) in [5, 5.41) is 15.2. The number of carboxylic acids is 1. The van der Waals surface area contributed by atoms with Gasteiger partial charge in [0.15, 0.2) is 11.2 Å². The standard InChI is InChI=1S/C20H24N4O7S2/c1-5-6-10(11-9-32-18(21-11)23-19(29)31-20(2,3)4)14(25)22-13-15(26)24-12(17(27)28)7-8-33(30)16(13)24/h6-7,9,13,16H,5,8H2,1-4H3,(H,22,25)(H,27,28)(H,21,23,29)/b10-6-/t13-,16+,33?/m1/s1. The maximum atomic E-state index is 13.0. The number of hydrogen-bond donors (Lipinski definition) is 3. The number of hydrogen-bond acceptors (Lipinski definition) is 8. The highest BCUT2D eigenvalue weighted by Gasteiger charge is 2.59. The zero-order chi connectivity index (χ0) is 24.5. The van der Waals surface area contributed by atoms with Crippen molar-refractivity contribution in [3.63, 3.8) is 0 Å². The molecule has 178 valence electrons. The van der Waals surface area contributed by atoms with Gasteiger partial charge in [-0.25, -0.2) is 14.6 Å². The Morgan fingerprint density at radius 2 is 2.12 bits per heavy atom. The summed E-state index contributed by atoms with van der Waals surface area (Å²) in [6.45, 7) is 6.99. The second-order valence-electron chi connectivity index (χ2n) is 8.18. The first-order valence-electron chi connectivity index (χ1n) is 10.0. The lowest BCUT2D eigenvalue weighted by Crippen LogP contribution is -2.74. The number of carboxylic acid groups (broad SMARTS) is 1. The molecule has 3 N–H and O–H groups in total. The van der Waals surface area contributed by atoms with Crippen molar-refractivity contribution >= 4 is 57.1 Å². The van der Waals surface area contributed by atoms with Crippen LogP contribution in [0.5, 0.6) is 0 Å². The summed E-state index contributed by atoms with van der Waals surface area (Å²) in [7, 11) is 0. The highest BCUT2D eigenvalue weighted by molar-refractivity contribution is 7.92. The van der Waals surface area contributed by atoms with E-state index in [0.29, 0.717) is 6.42 Å². The van der Waals surface area contributed by atoms with E-state index in [-0.39, 0.29) is 27.8 Å². The van der Waals surface area contributed by atoms with E-state index in [0.717, 1.165) is 16.2 Å². The van der Waals surface area contributed by atoms with E-state index in [2.05, 4.69) is 15.6 Å². The van der Waals surface area contributed by atoms with Crippen molar-refractivity contribution in [3.05, 3.63) is 28.9 Å². The average molecular weight is 497 g/mol. The number of aliphatic carboxylic acids is 1. The van der Waals surface area contributed by atoms with Gasteiger partial charge in [0.05, 0.1) is 11.3 Å². The first-order valence-corrected chi connectivity index (χ1v) is 12.3. The molecule has 1 aromatic heterocycles. The number of ether oxygens (including phenoxy) is 1. The van der Waals surface area contributed by atoms with Crippen LogP contribution in [-0.4, -0.2) is 66.2 Å². The number of thiazole rings is 1. The van der Waals surface area contributed by atoms with E-state index in [4.69, 9.17) is 4.74 Å². The van der Waals surface area contributed by atoms with Crippen molar-refractivity contribution in [2.75, 3.05) is 11.1 Å². The van der Waals surface area contributed by atoms with Gasteiger partial charge in [0, 0.05) is 5.38 Å². The SMILES string of the molecule is CC/C=C(\C(=O)N[C@@H]1C(=O)N2C(C(=O)O)=CC[S+]([O-])[C@@H]12)c1csc(NC(=O)OC(C)(C)C)n1. The minimum atomic E-state index is -1.55. The molecule has 3 atom stereocenters. The summed E-state index contributed by atoms with van der Waals surface area (Å²) in [6, 6.07) is -1.11. The zero-order valence-corrected chi connectivity index (χ0v) is 20.0. The first-order chi connectivity index (χ1) is 15.4. The minimum Gasteiger partial charge on any atom is -0.614 e. The van der Waals surface area contributed by atoms with Gasteiger partial charge in [0.1, 0.15) is 17.1 Å². The van der Waals surface area contributed by atoms with E-state index < -0.39 is 52.1 Å². The maximum Gasteiger partial charge on any atom is 0.413 e. The highest BCUT2D eigenvalue weighted by atomic mass is 32.2. The van der Waals surface area contributed by atoms with Gasteiger partial charge in [-0.3, -0.25) is 19.8 Å². The van der Waals surface area contributed by atoms with Crippen molar-refractivity contribution in [2.24, 2.45) is 0 Å². The number of carbonyl (C=O) groups is 4. The van der Waals surface area contributed by atoms with E-state index in [1.165, 1.54) is 6.08 Å². The van der Waals surface area contributed by atoms with Crippen LogP contribution in [0.2, 0.25) is 0 Å². The number of carbonyl (C=O) groups excluding carboxylic acids is 3. The molecule has 0 aromatic carbocycles. The fraction of sp³-hybridized carbons (Fsp3) is 0.450. The van der Waals surface area contributed by atoms with Gasteiger partial charge < -0.3 is 19.7 Å². The molecule has 0 aliphatic carbocycles. The molecule has 1 aromatic rings. The molecule has 1 saturated heterocycles. The highest BCUT2D eigenvalue weighted by Crippen LogP contribution is 2.34. The Morgan fingerprint density at radius 1 is 1.42 bits per heavy atom. The van der Waals surface area contributed by atoms with Gasteiger partial charge in [-0.2, -0.15) is 0 Å². The quantitative estimate of drug-likeness (QED) is 0.304. The maximum absolute atomic E-state index is 13.0. The Kier molecular flexibility index (Phi) is 7.14. The molecule has 11 nitrogen and oxygen atoms in total. The van der Waals surface area contributed by atoms with E-state index in [1.807, 2.05) is 6.92 Å². The second-order valence-corrected chi connectivity index (χ2v) is 10.6. The fourth-order valence-electron chi connectivity index (χ4n) is 3.25. The monoisotopic (exact) mass is 496 g/mol. The molecule has 33 heavy (non-hydrogen) atoms. The summed E-state index contributed by atoms with van der Waals surface area (Å²) in [5.41, 5.74) is -0.468. The van der Waals surface area contributed by atoms with Crippen LogP contribution in [-0.2, 0) is 30.3 Å². The van der Waals surface area contributed by atoms with Crippen LogP contribution in [0.4, 0.5) is 9.93 Å². The summed E-state index contributed by atoms with van der Waals surface area (Å²) in [5.74, 6) is -2.58. The molecule has 0 bridgehead atoms. The van der Waals surface area contributed by atoms with Crippen LogP contribution in [0, 0.1) is 0 Å². The Morgan fingerprint density at radius 3 is 2.73 bits per heavy atom. The van der Waals surface area contributed by atoms with E-state index >= 15 is 0 Å². The Hall–Kier alpha value is -2.90. The number of nitrogens with zero attached hydrogens (tertiary/aromatic N) is 2. The number of fused-ring (bicyclic) bond motifs is 1. The molecular weight excluding hydrogens is 472 g/mol. The predicted octanol–water partition coefficient (Wildman–Crippen LogP) is 1.67. The van der Waals surface area contributed by atoms with Crippen LogP contribution < -0.4 is 10.6 Å². The third-order valence-electron chi connectivity index (χ3n) is 4.56. The number of β-lactam (4-membered cyclic amide) rings is 1. The third kappa shape index (κ3) is 5.37. The van der Waals surface area contributed by atoms with Gasteiger partial charge in [0.2, 0.25) is 5.37 Å². The zero-order valence-electron chi connectivity index (χ0n) is 18.4. The molecule has 2 aliphatic heterocycles. The summed E-state index contributed by atoms with van der Waals surface area (Å²) in [6.07, 6.45) is 2.65. The molecule has 13 heteroatoms. The van der Waals surface area contributed by atoms with Crippen LogP contribution in [0.25, 0.3) is 5.57 Å². The van der Waals surface area contributed by atoms with Gasteiger partial charge in [0.25, 0.3) is 11.8 Å². The molecule has 0 spiro atoms. The molecular formula is C20H24N4O7S2. The fourth-order valence-corrected chi connectivity index (χ4v) is 5.41. The molecule has 3 heterocycles. The number of allylic oxidation sites excluding steroid dienone is 1. The lowest BCUT2D eigenvalue weighted by Gasteiger charge is -2.47. The normalized spacial score (nSPS) is 22.6. The van der Waals surface area contributed by atoms with Crippen molar-refractivity contribution in [3.8, 4) is 0 Å². The second kappa shape index (κ2) is 9.53. The number of anilines is 1. The average Bonchev–Trinajstić information content (AvgIpc) is 3.15. The Bertz CT molecular complexity index is 1040. The summed E-state index contributed by atoms with van der Waals surface area (Å²) >= 11 is -0.453. The number of rotatable bonds is 6.